The van der Waals surface area contributed by atoms with Crippen molar-refractivity contribution in [3.8, 4) is 0 Å². The molecule has 0 amide bonds. The number of hydrogen-bond donors (Lipinski definition) is 0. The molecule has 17 heavy (non-hydrogen) atoms. The SMILES string of the molecule is CN(C)c1nccc(N2CCOC(CBr)C2)n1. The summed E-state index contributed by atoms with van der Waals surface area (Å²) >= 11 is 3.46. The molecule has 0 bridgehead atoms. The minimum Gasteiger partial charge on any atom is -0.374 e. The van der Waals surface area contributed by atoms with Crippen molar-refractivity contribution in [2.45, 2.75) is 6.10 Å². The fourth-order valence-electron chi connectivity index (χ4n) is 1.75. The second-order valence-corrected chi connectivity index (χ2v) is 4.85. The number of hydrogen-bond acceptors (Lipinski definition) is 5. The zero-order valence-corrected chi connectivity index (χ0v) is 11.7. The maximum atomic E-state index is 5.61. The van der Waals surface area contributed by atoms with Crippen LogP contribution in [0.3, 0.4) is 0 Å². The first kappa shape index (κ1) is 12.6. The second-order valence-electron chi connectivity index (χ2n) is 4.20. The highest BCUT2D eigenvalue weighted by molar-refractivity contribution is 9.09. The van der Waals surface area contributed by atoms with Gasteiger partial charge >= 0.3 is 0 Å². The molecule has 0 aliphatic carbocycles. The van der Waals surface area contributed by atoms with Gasteiger partial charge in [0, 0.05) is 38.7 Å². The van der Waals surface area contributed by atoms with Crippen LogP contribution in [0.1, 0.15) is 0 Å². The lowest BCUT2D eigenvalue weighted by atomic mass is 10.3. The first-order chi connectivity index (χ1) is 8.20. The number of rotatable bonds is 3. The van der Waals surface area contributed by atoms with Gasteiger partial charge in [0.05, 0.1) is 12.7 Å². The largest absolute Gasteiger partial charge is 0.374 e. The number of alkyl halides is 1. The first-order valence-electron chi connectivity index (χ1n) is 5.63. The van der Waals surface area contributed by atoms with Crippen LogP contribution in [-0.2, 0) is 4.74 Å². The van der Waals surface area contributed by atoms with Gasteiger partial charge in [0.25, 0.3) is 0 Å². The third-order valence-corrected chi connectivity index (χ3v) is 3.39. The molecule has 1 saturated heterocycles. The van der Waals surface area contributed by atoms with Crippen LogP contribution >= 0.6 is 15.9 Å². The van der Waals surface area contributed by atoms with Gasteiger partial charge in [-0.05, 0) is 6.07 Å². The average Bonchev–Trinajstić information content (AvgIpc) is 2.39. The highest BCUT2D eigenvalue weighted by Crippen LogP contribution is 2.17. The monoisotopic (exact) mass is 300 g/mol. The predicted octanol–water partition coefficient (Wildman–Crippen LogP) is 1.14. The molecule has 0 radical (unpaired) electrons. The highest BCUT2D eigenvalue weighted by atomic mass is 79.9. The van der Waals surface area contributed by atoms with Crippen molar-refractivity contribution in [1.82, 2.24) is 9.97 Å². The fraction of sp³-hybridized carbons (Fsp3) is 0.636. The Bertz CT molecular complexity index is 374. The lowest BCUT2D eigenvalue weighted by Crippen LogP contribution is -2.43. The van der Waals surface area contributed by atoms with Crippen LogP contribution in [0.4, 0.5) is 11.8 Å². The lowest BCUT2D eigenvalue weighted by Gasteiger charge is -2.33. The highest BCUT2D eigenvalue weighted by Gasteiger charge is 2.20. The zero-order valence-electron chi connectivity index (χ0n) is 10.1. The molecule has 0 saturated carbocycles. The van der Waals surface area contributed by atoms with Crippen molar-refractivity contribution in [1.29, 1.82) is 0 Å². The van der Waals surface area contributed by atoms with Gasteiger partial charge in [-0.1, -0.05) is 15.9 Å². The van der Waals surface area contributed by atoms with E-state index < -0.39 is 0 Å². The molecule has 2 heterocycles. The van der Waals surface area contributed by atoms with Crippen LogP contribution in [0.25, 0.3) is 0 Å². The Hall–Kier alpha value is -0.880. The Balaban J connectivity index is 2.13. The molecule has 1 aliphatic heterocycles. The maximum Gasteiger partial charge on any atom is 0.226 e. The molecule has 5 nitrogen and oxygen atoms in total. The van der Waals surface area contributed by atoms with E-state index >= 15 is 0 Å². The normalized spacial score (nSPS) is 20.4. The van der Waals surface area contributed by atoms with Gasteiger partial charge in [-0.3, -0.25) is 0 Å². The Kier molecular flexibility index (Phi) is 4.17. The number of ether oxygens (including phenoxy) is 1. The summed E-state index contributed by atoms with van der Waals surface area (Å²) in [6, 6.07) is 1.95. The van der Waals surface area contributed by atoms with Gasteiger partial charge in [0.15, 0.2) is 0 Å². The summed E-state index contributed by atoms with van der Waals surface area (Å²) < 4.78 is 5.61. The standard InChI is InChI=1S/C11H17BrN4O/c1-15(2)11-13-4-3-10(14-11)16-5-6-17-9(7-12)8-16/h3-4,9H,5-8H2,1-2H3. The van der Waals surface area contributed by atoms with E-state index in [1.165, 1.54) is 0 Å². The van der Waals surface area contributed by atoms with E-state index in [4.69, 9.17) is 4.74 Å². The first-order valence-corrected chi connectivity index (χ1v) is 6.75. The van der Waals surface area contributed by atoms with Crippen molar-refractivity contribution in [2.75, 3.05) is 48.9 Å². The van der Waals surface area contributed by atoms with Gasteiger partial charge in [0.1, 0.15) is 5.82 Å². The molecule has 0 spiro atoms. The Morgan fingerprint density at radius 3 is 3.12 bits per heavy atom. The fourth-order valence-corrected chi connectivity index (χ4v) is 2.14. The quantitative estimate of drug-likeness (QED) is 0.783. The predicted molar refractivity (Wildman–Crippen MR) is 72.1 cm³/mol. The van der Waals surface area contributed by atoms with Crippen LogP contribution < -0.4 is 9.80 Å². The maximum absolute atomic E-state index is 5.61. The van der Waals surface area contributed by atoms with Crippen LogP contribution in [0.5, 0.6) is 0 Å². The zero-order chi connectivity index (χ0) is 12.3. The van der Waals surface area contributed by atoms with Gasteiger partial charge in [-0.25, -0.2) is 4.98 Å². The number of aromatic nitrogens is 2. The van der Waals surface area contributed by atoms with Gasteiger partial charge < -0.3 is 14.5 Å². The topological polar surface area (TPSA) is 41.5 Å². The smallest absolute Gasteiger partial charge is 0.226 e. The number of morpholine rings is 1. The molecular weight excluding hydrogens is 284 g/mol. The van der Waals surface area contributed by atoms with E-state index in [0.29, 0.717) is 0 Å². The summed E-state index contributed by atoms with van der Waals surface area (Å²) in [5.74, 6) is 1.71. The summed E-state index contributed by atoms with van der Waals surface area (Å²) in [5.41, 5.74) is 0. The second kappa shape index (κ2) is 5.64. The summed E-state index contributed by atoms with van der Waals surface area (Å²) in [4.78, 5) is 12.9. The Labute approximate surface area is 110 Å². The molecule has 94 valence electrons. The van der Waals surface area contributed by atoms with Crippen molar-refractivity contribution >= 4 is 27.7 Å². The Morgan fingerprint density at radius 1 is 1.59 bits per heavy atom. The molecule has 1 aromatic rings. The van der Waals surface area contributed by atoms with Gasteiger partial charge in [-0.2, -0.15) is 4.98 Å². The van der Waals surface area contributed by atoms with Crippen LogP contribution in [0.2, 0.25) is 0 Å². The lowest BCUT2D eigenvalue weighted by molar-refractivity contribution is 0.0568. The number of halogens is 1. The third-order valence-electron chi connectivity index (χ3n) is 2.66. The van der Waals surface area contributed by atoms with E-state index in [0.717, 1.165) is 36.8 Å². The molecule has 2 rings (SSSR count). The van der Waals surface area contributed by atoms with Crippen molar-refractivity contribution in [3.63, 3.8) is 0 Å². The summed E-state index contributed by atoms with van der Waals surface area (Å²) in [6.07, 6.45) is 2.04. The van der Waals surface area contributed by atoms with Crippen LogP contribution in [-0.4, -0.2) is 55.2 Å². The molecule has 0 aromatic carbocycles. The number of nitrogens with zero attached hydrogens (tertiary/aromatic N) is 4. The van der Waals surface area contributed by atoms with Gasteiger partial charge in [0.2, 0.25) is 5.95 Å². The van der Waals surface area contributed by atoms with E-state index in [2.05, 4.69) is 30.8 Å². The molecule has 1 fully saturated rings. The van der Waals surface area contributed by atoms with Crippen molar-refractivity contribution in [3.05, 3.63) is 12.3 Å². The molecule has 1 aromatic heterocycles. The van der Waals surface area contributed by atoms with E-state index in [1.54, 1.807) is 6.20 Å². The minimum absolute atomic E-state index is 0.238. The molecule has 6 heteroatoms. The molecule has 1 atom stereocenters. The number of anilines is 2. The minimum atomic E-state index is 0.238. The summed E-state index contributed by atoms with van der Waals surface area (Å²) in [7, 11) is 3.89. The van der Waals surface area contributed by atoms with Crippen molar-refractivity contribution in [2.24, 2.45) is 0 Å². The Morgan fingerprint density at radius 2 is 2.41 bits per heavy atom. The van der Waals surface area contributed by atoms with Crippen LogP contribution in [0.15, 0.2) is 12.3 Å². The molecular formula is C11H17BrN4O. The average molecular weight is 301 g/mol. The summed E-state index contributed by atoms with van der Waals surface area (Å²) in [5, 5.41) is 0.856. The van der Waals surface area contributed by atoms with E-state index in [9.17, 15) is 0 Å². The van der Waals surface area contributed by atoms with Gasteiger partial charge in [-0.15, -0.1) is 0 Å². The molecule has 1 unspecified atom stereocenters. The van der Waals surface area contributed by atoms with E-state index in [1.807, 2.05) is 25.1 Å². The van der Waals surface area contributed by atoms with Crippen molar-refractivity contribution < 1.29 is 4.74 Å². The molecule has 0 N–H and O–H groups in total. The van der Waals surface area contributed by atoms with Crippen LogP contribution in [0, 0.1) is 0 Å². The third kappa shape index (κ3) is 3.07. The van der Waals surface area contributed by atoms with E-state index in [-0.39, 0.29) is 6.10 Å². The molecule has 1 aliphatic rings. The summed E-state index contributed by atoms with van der Waals surface area (Å²) in [6.45, 7) is 2.50.